The summed E-state index contributed by atoms with van der Waals surface area (Å²) in [6.07, 6.45) is 3.11. The summed E-state index contributed by atoms with van der Waals surface area (Å²) in [4.78, 5) is 25.1. The number of pyridine rings is 1. The molecule has 0 aromatic carbocycles. The second-order valence-electron chi connectivity index (χ2n) is 5.03. The highest BCUT2D eigenvalue weighted by molar-refractivity contribution is 5.76. The molecule has 1 amide bonds. The van der Waals surface area contributed by atoms with Crippen molar-refractivity contribution in [3.8, 4) is 0 Å². The number of aromatic amines is 1. The summed E-state index contributed by atoms with van der Waals surface area (Å²) >= 11 is 0. The third-order valence-electron chi connectivity index (χ3n) is 2.93. The molecule has 1 aromatic rings. The first-order valence-electron chi connectivity index (χ1n) is 5.87. The van der Waals surface area contributed by atoms with Gasteiger partial charge in [0.15, 0.2) is 0 Å². The van der Waals surface area contributed by atoms with E-state index in [2.05, 4.69) is 31.1 Å². The Morgan fingerprint density at radius 2 is 2.12 bits per heavy atom. The topological polar surface area (TPSA) is 62.0 Å². The van der Waals surface area contributed by atoms with E-state index in [-0.39, 0.29) is 16.9 Å². The molecule has 1 rings (SSSR count). The van der Waals surface area contributed by atoms with E-state index in [9.17, 15) is 9.59 Å². The van der Waals surface area contributed by atoms with Crippen molar-refractivity contribution in [1.29, 1.82) is 0 Å². The van der Waals surface area contributed by atoms with E-state index in [0.717, 1.165) is 12.0 Å². The average Bonchev–Trinajstić information content (AvgIpc) is 2.28. The van der Waals surface area contributed by atoms with Crippen LogP contribution in [0.3, 0.4) is 0 Å². The van der Waals surface area contributed by atoms with Gasteiger partial charge in [0, 0.05) is 25.2 Å². The van der Waals surface area contributed by atoms with Gasteiger partial charge >= 0.3 is 0 Å². The maximum absolute atomic E-state index is 11.7. The minimum atomic E-state index is -0.132. The summed E-state index contributed by atoms with van der Waals surface area (Å²) in [7, 11) is 0. The Bertz CT molecular complexity index is 415. The fraction of sp³-hybridized carbons (Fsp3) is 0.538. The van der Waals surface area contributed by atoms with Crippen molar-refractivity contribution < 1.29 is 4.79 Å². The van der Waals surface area contributed by atoms with Gasteiger partial charge in [0.1, 0.15) is 0 Å². The molecular weight excluding hydrogens is 216 g/mol. The standard InChI is InChI=1S/C13H20N2O2/c1-4-13(2,3)7-12(17)15-9-10-5-6-11(16)14-8-10/h5-6,8H,4,7,9H2,1-3H3,(H,14,16)(H,15,17). The zero-order chi connectivity index (χ0) is 12.9. The quantitative estimate of drug-likeness (QED) is 0.819. The zero-order valence-corrected chi connectivity index (χ0v) is 10.7. The van der Waals surface area contributed by atoms with Crippen LogP contribution in [0, 0.1) is 5.41 Å². The third-order valence-corrected chi connectivity index (χ3v) is 2.93. The van der Waals surface area contributed by atoms with Crippen LogP contribution in [0.15, 0.2) is 23.1 Å². The number of H-pyrrole nitrogens is 1. The van der Waals surface area contributed by atoms with Crippen LogP contribution in [0.5, 0.6) is 0 Å². The van der Waals surface area contributed by atoms with E-state index in [4.69, 9.17) is 0 Å². The van der Waals surface area contributed by atoms with Crippen LogP contribution in [-0.4, -0.2) is 10.9 Å². The molecule has 0 aliphatic rings. The van der Waals surface area contributed by atoms with E-state index in [1.165, 1.54) is 6.07 Å². The van der Waals surface area contributed by atoms with Gasteiger partial charge in [-0.15, -0.1) is 0 Å². The molecule has 1 aromatic heterocycles. The molecule has 0 bridgehead atoms. The highest BCUT2D eigenvalue weighted by Crippen LogP contribution is 2.23. The van der Waals surface area contributed by atoms with Gasteiger partial charge in [-0.25, -0.2) is 0 Å². The summed E-state index contributed by atoms with van der Waals surface area (Å²) in [6, 6.07) is 3.17. The molecule has 0 saturated heterocycles. The maximum atomic E-state index is 11.7. The first-order valence-corrected chi connectivity index (χ1v) is 5.87. The average molecular weight is 236 g/mol. The summed E-state index contributed by atoms with van der Waals surface area (Å²) in [5, 5.41) is 2.85. The minimum absolute atomic E-state index is 0.0368. The van der Waals surface area contributed by atoms with E-state index in [0.29, 0.717) is 13.0 Å². The molecular formula is C13H20N2O2. The van der Waals surface area contributed by atoms with Crippen LogP contribution in [0.2, 0.25) is 0 Å². The Hall–Kier alpha value is -1.58. The molecule has 17 heavy (non-hydrogen) atoms. The molecule has 2 N–H and O–H groups in total. The van der Waals surface area contributed by atoms with Crippen LogP contribution >= 0.6 is 0 Å². The van der Waals surface area contributed by atoms with Crippen LogP contribution in [0.4, 0.5) is 0 Å². The van der Waals surface area contributed by atoms with Gasteiger partial charge in [-0.2, -0.15) is 0 Å². The number of nitrogens with one attached hydrogen (secondary N) is 2. The SMILES string of the molecule is CCC(C)(C)CC(=O)NCc1ccc(=O)[nH]c1. The molecule has 0 saturated carbocycles. The van der Waals surface area contributed by atoms with Crippen LogP contribution in [0.25, 0.3) is 0 Å². The number of carbonyl (C=O) groups is 1. The molecule has 0 aliphatic heterocycles. The number of rotatable bonds is 5. The van der Waals surface area contributed by atoms with E-state index in [1.54, 1.807) is 12.3 Å². The summed E-state index contributed by atoms with van der Waals surface area (Å²) in [5.74, 6) is 0.0445. The van der Waals surface area contributed by atoms with Gasteiger partial charge in [0.25, 0.3) is 0 Å². The summed E-state index contributed by atoms with van der Waals surface area (Å²) in [5.41, 5.74) is 0.800. The summed E-state index contributed by atoms with van der Waals surface area (Å²) < 4.78 is 0. The Labute approximate surface area is 101 Å². The Morgan fingerprint density at radius 3 is 2.65 bits per heavy atom. The van der Waals surface area contributed by atoms with Crippen molar-refractivity contribution in [3.05, 3.63) is 34.2 Å². The van der Waals surface area contributed by atoms with Gasteiger partial charge < -0.3 is 10.3 Å². The van der Waals surface area contributed by atoms with Crippen molar-refractivity contribution >= 4 is 5.91 Å². The van der Waals surface area contributed by atoms with Crippen LogP contribution < -0.4 is 10.9 Å². The van der Waals surface area contributed by atoms with Crippen molar-refractivity contribution in [2.75, 3.05) is 0 Å². The largest absolute Gasteiger partial charge is 0.352 e. The van der Waals surface area contributed by atoms with Crippen molar-refractivity contribution in [3.63, 3.8) is 0 Å². The van der Waals surface area contributed by atoms with Crippen molar-refractivity contribution in [2.24, 2.45) is 5.41 Å². The number of amides is 1. The predicted octanol–water partition coefficient (Wildman–Crippen LogP) is 1.82. The Balaban J connectivity index is 2.43. The van der Waals surface area contributed by atoms with Crippen molar-refractivity contribution in [2.45, 2.75) is 40.2 Å². The van der Waals surface area contributed by atoms with Gasteiger partial charge in [0.05, 0.1) is 0 Å². The third kappa shape index (κ3) is 4.85. The van der Waals surface area contributed by atoms with Crippen molar-refractivity contribution in [1.82, 2.24) is 10.3 Å². The molecule has 1 heterocycles. The minimum Gasteiger partial charge on any atom is -0.352 e. The molecule has 0 unspecified atom stereocenters. The first kappa shape index (κ1) is 13.5. The van der Waals surface area contributed by atoms with Gasteiger partial charge in [0.2, 0.25) is 11.5 Å². The molecule has 4 heteroatoms. The monoisotopic (exact) mass is 236 g/mol. The second kappa shape index (κ2) is 5.66. The molecule has 0 fully saturated rings. The Morgan fingerprint density at radius 1 is 1.41 bits per heavy atom. The second-order valence-corrected chi connectivity index (χ2v) is 5.03. The predicted molar refractivity (Wildman–Crippen MR) is 67.6 cm³/mol. The van der Waals surface area contributed by atoms with Gasteiger partial charge in [-0.3, -0.25) is 9.59 Å². The van der Waals surface area contributed by atoms with E-state index in [1.807, 2.05) is 0 Å². The van der Waals surface area contributed by atoms with E-state index < -0.39 is 0 Å². The smallest absolute Gasteiger partial charge is 0.247 e. The fourth-order valence-electron chi connectivity index (χ4n) is 1.38. The van der Waals surface area contributed by atoms with Crippen LogP contribution in [-0.2, 0) is 11.3 Å². The highest BCUT2D eigenvalue weighted by atomic mass is 16.1. The Kier molecular flexibility index (Phi) is 4.49. The molecule has 0 atom stereocenters. The lowest BCUT2D eigenvalue weighted by molar-refractivity contribution is -0.123. The summed E-state index contributed by atoms with van der Waals surface area (Å²) in [6.45, 7) is 6.68. The highest BCUT2D eigenvalue weighted by Gasteiger charge is 2.19. The number of hydrogen-bond donors (Lipinski definition) is 2. The molecule has 0 spiro atoms. The molecule has 0 aliphatic carbocycles. The van der Waals surface area contributed by atoms with Gasteiger partial charge in [-0.05, 0) is 11.0 Å². The number of aromatic nitrogens is 1. The first-order chi connectivity index (χ1) is 7.93. The van der Waals surface area contributed by atoms with Gasteiger partial charge in [-0.1, -0.05) is 33.3 Å². The normalized spacial score (nSPS) is 11.2. The maximum Gasteiger partial charge on any atom is 0.247 e. The zero-order valence-electron chi connectivity index (χ0n) is 10.7. The molecule has 4 nitrogen and oxygen atoms in total. The van der Waals surface area contributed by atoms with Crippen LogP contribution in [0.1, 0.15) is 39.2 Å². The van der Waals surface area contributed by atoms with E-state index >= 15 is 0 Å². The lowest BCUT2D eigenvalue weighted by Crippen LogP contribution is -2.28. The lowest BCUT2D eigenvalue weighted by Gasteiger charge is -2.21. The molecule has 94 valence electrons. The fourth-order valence-corrected chi connectivity index (χ4v) is 1.38. The lowest BCUT2D eigenvalue weighted by atomic mass is 9.86. The number of carbonyl (C=O) groups excluding carboxylic acids is 1. The number of hydrogen-bond acceptors (Lipinski definition) is 2. The molecule has 0 radical (unpaired) electrons.